The van der Waals surface area contributed by atoms with Gasteiger partial charge in [-0.05, 0) is 79.4 Å². The van der Waals surface area contributed by atoms with Gasteiger partial charge in [-0.1, -0.05) is 24.3 Å². The summed E-state index contributed by atoms with van der Waals surface area (Å²) in [6.45, 7) is 5.83. The van der Waals surface area contributed by atoms with E-state index in [-0.39, 0.29) is 17.4 Å². The fourth-order valence-electron chi connectivity index (χ4n) is 4.89. The number of aliphatic hydroxyl groups excluding tert-OH is 1. The van der Waals surface area contributed by atoms with Crippen molar-refractivity contribution in [3.8, 4) is 11.5 Å². The summed E-state index contributed by atoms with van der Waals surface area (Å²) in [4.78, 5) is 28.4. The highest BCUT2D eigenvalue weighted by Crippen LogP contribution is 2.44. The van der Waals surface area contributed by atoms with Gasteiger partial charge in [-0.2, -0.15) is 0 Å². The second kappa shape index (κ2) is 8.62. The van der Waals surface area contributed by atoms with E-state index in [1.807, 2.05) is 57.2 Å². The third-order valence-electron chi connectivity index (χ3n) is 6.67. The number of ether oxygens (including phenoxy) is 2. The van der Waals surface area contributed by atoms with Gasteiger partial charge in [0.2, 0.25) is 0 Å². The number of methoxy groups -OCH3 is 1. The summed E-state index contributed by atoms with van der Waals surface area (Å²) >= 11 is 0. The number of aryl methyl sites for hydroxylation is 2. The van der Waals surface area contributed by atoms with Crippen molar-refractivity contribution < 1.29 is 24.2 Å². The van der Waals surface area contributed by atoms with Crippen LogP contribution in [0.2, 0.25) is 0 Å². The van der Waals surface area contributed by atoms with Crippen molar-refractivity contribution >= 4 is 23.1 Å². The maximum Gasteiger partial charge on any atom is 0.300 e. The number of hydrogen-bond donors (Lipinski definition) is 1. The number of rotatable bonds is 4. The van der Waals surface area contributed by atoms with E-state index in [4.69, 9.17) is 9.47 Å². The molecule has 0 radical (unpaired) electrons. The molecule has 1 fully saturated rings. The van der Waals surface area contributed by atoms with Crippen LogP contribution in [0.25, 0.3) is 5.76 Å². The van der Waals surface area contributed by atoms with E-state index in [2.05, 4.69) is 0 Å². The first-order valence-corrected chi connectivity index (χ1v) is 11.6. The zero-order valence-corrected chi connectivity index (χ0v) is 20.2. The quantitative estimate of drug-likeness (QED) is 0.320. The summed E-state index contributed by atoms with van der Waals surface area (Å²) in [5.41, 5.74) is 4.68. The van der Waals surface area contributed by atoms with Gasteiger partial charge in [0.05, 0.1) is 18.7 Å². The molecule has 2 atom stereocenters. The molecule has 1 saturated heterocycles. The Morgan fingerprint density at radius 2 is 1.77 bits per heavy atom. The number of ketones is 1. The van der Waals surface area contributed by atoms with E-state index in [1.54, 1.807) is 31.4 Å². The molecule has 5 rings (SSSR count). The molecular weight excluding hydrogens is 442 g/mol. The second-order valence-corrected chi connectivity index (χ2v) is 9.19. The van der Waals surface area contributed by atoms with Gasteiger partial charge >= 0.3 is 0 Å². The number of benzene rings is 3. The normalized spacial score (nSPS) is 20.6. The number of carbonyl (C=O) groups excluding carboxylic acids is 2. The zero-order chi connectivity index (χ0) is 24.9. The standard InChI is InChI=1S/C29H27NO5/c1-16-5-6-17(2)23(13-16)30-26(19-7-10-22(34-4)11-8-19)25(28(32)29(30)33)27(31)20-9-12-24-21(15-20)14-18(3)35-24/h5-13,15,18,26,31H,14H2,1-4H3/b27-25-. The van der Waals surface area contributed by atoms with Crippen molar-refractivity contribution in [1.29, 1.82) is 0 Å². The molecule has 1 N–H and O–H groups in total. The first kappa shape index (κ1) is 22.7. The van der Waals surface area contributed by atoms with Crippen LogP contribution in [0.5, 0.6) is 11.5 Å². The first-order chi connectivity index (χ1) is 16.8. The van der Waals surface area contributed by atoms with Crippen molar-refractivity contribution in [2.75, 3.05) is 12.0 Å². The van der Waals surface area contributed by atoms with Crippen molar-refractivity contribution in [3.63, 3.8) is 0 Å². The van der Waals surface area contributed by atoms with Crippen LogP contribution in [-0.2, 0) is 16.0 Å². The van der Waals surface area contributed by atoms with Gasteiger partial charge in [-0.3, -0.25) is 14.5 Å². The van der Waals surface area contributed by atoms with Crippen LogP contribution in [-0.4, -0.2) is 30.0 Å². The van der Waals surface area contributed by atoms with Gasteiger partial charge in [-0.25, -0.2) is 0 Å². The van der Waals surface area contributed by atoms with Gasteiger partial charge in [0.25, 0.3) is 11.7 Å². The van der Waals surface area contributed by atoms with E-state index >= 15 is 0 Å². The van der Waals surface area contributed by atoms with Crippen LogP contribution < -0.4 is 14.4 Å². The van der Waals surface area contributed by atoms with Crippen molar-refractivity contribution in [2.45, 2.75) is 39.3 Å². The molecule has 2 aliphatic rings. The molecule has 6 heteroatoms. The number of fused-ring (bicyclic) bond motifs is 1. The Labute approximate surface area is 204 Å². The smallest absolute Gasteiger partial charge is 0.300 e. The average molecular weight is 470 g/mol. The lowest BCUT2D eigenvalue weighted by Crippen LogP contribution is -2.30. The minimum Gasteiger partial charge on any atom is -0.507 e. The lowest BCUT2D eigenvalue weighted by molar-refractivity contribution is -0.132. The summed E-state index contributed by atoms with van der Waals surface area (Å²) in [6.07, 6.45) is 0.770. The monoisotopic (exact) mass is 469 g/mol. The van der Waals surface area contributed by atoms with Gasteiger partial charge in [0, 0.05) is 17.7 Å². The summed E-state index contributed by atoms with van der Waals surface area (Å²) in [6, 6.07) is 17.6. The number of amides is 1. The van der Waals surface area contributed by atoms with E-state index in [9.17, 15) is 14.7 Å². The number of hydrogen-bond acceptors (Lipinski definition) is 5. The van der Waals surface area contributed by atoms with E-state index in [0.717, 1.165) is 28.9 Å². The minimum absolute atomic E-state index is 0.0524. The van der Waals surface area contributed by atoms with Crippen molar-refractivity contribution in [1.82, 2.24) is 0 Å². The number of nitrogens with zero attached hydrogens (tertiary/aromatic N) is 1. The predicted molar refractivity (Wildman–Crippen MR) is 134 cm³/mol. The van der Waals surface area contributed by atoms with Crippen LogP contribution in [0.4, 0.5) is 5.69 Å². The molecule has 1 amide bonds. The molecule has 0 aromatic heterocycles. The Morgan fingerprint density at radius 3 is 2.49 bits per heavy atom. The number of anilines is 1. The van der Waals surface area contributed by atoms with Crippen LogP contribution in [0, 0.1) is 13.8 Å². The van der Waals surface area contributed by atoms with Crippen molar-refractivity contribution in [3.05, 3.63) is 94.1 Å². The average Bonchev–Trinajstić information content (AvgIpc) is 3.35. The molecular formula is C29H27NO5. The molecule has 0 aliphatic carbocycles. The Hall–Kier alpha value is -4.06. The largest absolute Gasteiger partial charge is 0.507 e. The third-order valence-corrected chi connectivity index (χ3v) is 6.67. The molecule has 0 spiro atoms. The van der Waals surface area contributed by atoms with Crippen LogP contribution >= 0.6 is 0 Å². The first-order valence-electron chi connectivity index (χ1n) is 11.6. The molecule has 2 unspecified atom stereocenters. The molecule has 2 heterocycles. The fourth-order valence-corrected chi connectivity index (χ4v) is 4.89. The molecule has 3 aromatic rings. The summed E-state index contributed by atoms with van der Waals surface area (Å²) in [7, 11) is 1.58. The molecule has 2 aliphatic heterocycles. The van der Waals surface area contributed by atoms with E-state index in [1.165, 1.54) is 4.90 Å². The van der Waals surface area contributed by atoms with Crippen molar-refractivity contribution in [2.24, 2.45) is 0 Å². The summed E-state index contributed by atoms with van der Waals surface area (Å²) < 4.78 is 11.1. The highest BCUT2D eigenvalue weighted by molar-refractivity contribution is 6.51. The third kappa shape index (κ3) is 3.85. The molecule has 35 heavy (non-hydrogen) atoms. The zero-order valence-electron chi connectivity index (χ0n) is 20.2. The molecule has 178 valence electrons. The molecule has 0 saturated carbocycles. The van der Waals surface area contributed by atoms with E-state index in [0.29, 0.717) is 22.6 Å². The highest BCUT2D eigenvalue weighted by atomic mass is 16.5. The topological polar surface area (TPSA) is 76.1 Å². The lowest BCUT2D eigenvalue weighted by atomic mass is 9.94. The van der Waals surface area contributed by atoms with Crippen LogP contribution in [0.1, 0.15) is 40.8 Å². The highest BCUT2D eigenvalue weighted by Gasteiger charge is 2.47. The maximum absolute atomic E-state index is 13.4. The Balaban J connectivity index is 1.71. The Kier molecular flexibility index (Phi) is 5.59. The molecule has 3 aromatic carbocycles. The van der Waals surface area contributed by atoms with Crippen LogP contribution in [0.3, 0.4) is 0 Å². The summed E-state index contributed by atoms with van der Waals surface area (Å²) in [5.74, 6) is -0.144. The maximum atomic E-state index is 13.4. The van der Waals surface area contributed by atoms with Gasteiger partial charge < -0.3 is 14.6 Å². The fraction of sp³-hybridized carbons (Fsp3) is 0.241. The van der Waals surface area contributed by atoms with Gasteiger partial charge in [0.15, 0.2) is 0 Å². The van der Waals surface area contributed by atoms with Gasteiger partial charge in [-0.15, -0.1) is 0 Å². The Bertz CT molecular complexity index is 1370. The SMILES string of the molecule is COc1ccc(C2/C(=C(/O)c3ccc4c(c3)CC(C)O4)C(=O)C(=O)N2c2cc(C)ccc2C)cc1. The number of aliphatic hydroxyl groups is 1. The lowest BCUT2D eigenvalue weighted by Gasteiger charge is -2.27. The predicted octanol–water partition coefficient (Wildman–Crippen LogP) is 5.26. The molecule has 0 bridgehead atoms. The van der Waals surface area contributed by atoms with Gasteiger partial charge in [0.1, 0.15) is 23.4 Å². The van der Waals surface area contributed by atoms with E-state index < -0.39 is 17.7 Å². The summed E-state index contributed by atoms with van der Waals surface area (Å²) in [5, 5.41) is 11.4. The molecule has 6 nitrogen and oxygen atoms in total. The Morgan fingerprint density at radius 1 is 1.03 bits per heavy atom. The van der Waals surface area contributed by atoms with Crippen LogP contribution in [0.15, 0.2) is 66.2 Å². The second-order valence-electron chi connectivity index (χ2n) is 9.19. The number of Topliss-reactive ketones (excluding diaryl/α,β-unsaturated/α-hetero) is 1. The number of carbonyl (C=O) groups is 2. The minimum atomic E-state index is -0.787.